The molecule has 1 aromatic carbocycles. The summed E-state index contributed by atoms with van der Waals surface area (Å²) in [6.07, 6.45) is 1.76. The molecule has 0 saturated heterocycles. The van der Waals surface area contributed by atoms with Gasteiger partial charge in [-0.2, -0.15) is 0 Å². The number of aliphatic imine (C=N–C) groups is 1. The highest BCUT2D eigenvalue weighted by Crippen LogP contribution is 2.22. The lowest BCUT2D eigenvalue weighted by atomic mass is 10.3. The maximum absolute atomic E-state index is 12.4. The number of carbonyl (C=O) groups excluding carboxylic acids is 1. The third-order valence-electron chi connectivity index (χ3n) is 3.56. The van der Waals surface area contributed by atoms with Crippen molar-refractivity contribution in [2.45, 2.75) is 24.7 Å². The molecule has 0 unspecified atom stereocenters. The summed E-state index contributed by atoms with van der Waals surface area (Å²) in [5, 5.41) is 2.78. The number of rotatable bonds is 8. The minimum atomic E-state index is -3.48. The van der Waals surface area contributed by atoms with Crippen molar-refractivity contribution in [2.75, 3.05) is 37.0 Å². The number of hydrogen-bond acceptors (Lipinski definition) is 6. The highest BCUT2D eigenvalue weighted by molar-refractivity contribution is 8.39. The van der Waals surface area contributed by atoms with E-state index in [1.807, 2.05) is 6.92 Å². The number of sulfonamides is 1. The Morgan fingerprint density at radius 2 is 2.08 bits per heavy atom. The largest absolute Gasteiger partial charge is 0.325 e. The second-order valence-corrected chi connectivity index (χ2v) is 9.89. The van der Waals surface area contributed by atoms with Gasteiger partial charge < -0.3 is 5.32 Å². The number of benzene rings is 1. The van der Waals surface area contributed by atoms with E-state index in [-0.39, 0.29) is 10.8 Å². The molecule has 0 bridgehead atoms. The Balaban J connectivity index is 1.91. The smallest absolute Gasteiger partial charge is 0.242 e. The predicted octanol–water partition coefficient (Wildman–Crippen LogP) is 2.88. The fourth-order valence-corrected chi connectivity index (χ4v) is 5.14. The molecule has 1 aliphatic rings. The van der Waals surface area contributed by atoms with Gasteiger partial charge in [-0.15, -0.1) is 0 Å². The van der Waals surface area contributed by atoms with Crippen molar-refractivity contribution in [3.63, 3.8) is 0 Å². The van der Waals surface area contributed by atoms with Crippen LogP contribution in [0.1, 0.15) is 19.8 Å². The molecule has 6 nitrogen and oxygen atoms in total. The maximum atomic E-state index is 12.4. The molecular formula is C16H23N3O3S3. The first-order chi connectivity index (χ1) is 11.9. The van der Waals surface area contributed by atoms with Crippen LogP contribution in [0, 0.1) is 0 Å². The van der Waals surface area contributed by atoms with Gasteiger partial charge in [-0.3, -0.25) is 9.79 Å². The molecule has 0 saturated carbocycles. The van der Waals surface area contributed by atoms with Crippen molar-refractivity contribution >= 4 is 49.5 Å². The minimum absolute atomic E-state index is 0.129. The fourth-order valence-electron chi connectivity index (χ4n) is 2.12. The van der Waals surface area contributed by atoms with Crippen molar-refractivity contribution in [3.8, 4) is 0 Å². The Labute approximate surface area is 157 Å². The van der Waals surface area contributed by atoms with Crippen LogP contribution in [0.4, 0.5) is 5.69 Å². The van der Waals surface area contributed by atoms with Crippen LogP contribution in [0.5, 0.6) is 0 Å². The Hall–Kier alpha value is -1.03. The molecule has 138 valence electrons. The van der Waals surface area contributed by atoms with E-state index in [0.29, 0.717) is 18.0 Å². The summed E-state index contributed by atoms with van der Waals surface area (Å²) in [5.74, 6) is 1.15. The number of unbranched alkanes of at least 4 members (excludes halogenated alkanes) is 1. The zero-order chi connectivity index (χ0) is 18.3. The molecule has 1 heterocycles. The van der Waals surface area contributed by atoms with Gasteiger partial charge in [0.05, 0.1) is 17.2 Å². The van der Waals surface area contributed by atoms with Crippen LogP contribution in [0.3, 0.4) is 0 Å². The van der Waals surface area contributed by atoms with Crippen molar-refractivity contribution in [1.82, 2.24) is 4.31 Å². The molecule has 1 N–H and O–H groups in total. The molecule has 0 fully saturated rings. The Kier molecular flexibility index (Phi) is 7.80. The fraction of sp³-hybridized carbons (Fsp3) is 0.500. The van der Waals surface area contributed by atoms with Gasteiger partial charge in [0.2, 0.25) is 15.9 Å². The SMILES string of the molecule is CCCCN(C)S(=O)(=O)c1ccc(NC(=O)CSC2=NCCS2)cc1. The standard InChI is InChI=1S/C16H23N3O3S3/c1-3-4-10-19(2)25(21,22)14-7-5-13(6-8-14)18-15(20)12-24-16-17-9-11-23-16/h5-8H,3-4,9-12H2,1-2H3,(H,18,20). The Morgan fingerprint density at radius 3 is 2.68 bits per heavy atom. The normalized spacial score (nSPS) is 14.6. The summed E-state index contributed by atoms with van der Waals surface area (Å²) in [5.41, 5.74) is 0.585. The van der Waals surface area contributed by atoms with Gasteiger partial charge in [-0.05, 0) is 30.7 Å². The predicted molar refractivity (Wildman–Crippen MR) is 107 cm³/mol. The van der Waals surface area contributed by atoms with Gasteiger partial charge in [0.15, 0.2) is 0 Å². The van der Waals surface area contributed by atoms with Gasteiger partial charge >= 0.3 is 0 Å². The van der Waals surface area contributed by atoms with E-state index in [1.165, 1.54) is 28.2 Å². The molecule has 0 spiro atoms. The molecule has 0 atom stereocenters. The Morgan fingerprint density at radius 1 is 1.36 bits per heavy atom. The average molecular weight is 402 g/mol. The van der Waals surface area contributed by atoms with E-state index in [1.54, 1.807) is 30.9 Å². The zero-order valence-corrected chi connectivity index (χ0v) is 16.8. The second-order valence-electron chi connectivity index (χ2n) is 5.54. The van der Waals surface area contributed by atoms with Crippen LogP contribution in [0.15, 0.2) is 34.2 Å². The van der Waals surface area contributed by atoms with Crippen molar-refractivity contribution < 1.29 is 13.2 Å². The molecule has 25 heavy (non-hydrogen) atoms. The van der Waals surface area contributed by atoms with Crippen LogP contribution >= 0.6 is 23.5 Å². The number of nitrogens with zero attached hydrogens (tertiary/aromatic N) is 2. The van der Waals surface area contributed by atoms with Gasteiger partial charge in [-0.1, -0.05) is 36.9 Å². The minimum Gasteiger partial charge on any atom is -0.325 e. The number of amides is 1. The van der Waals surface area contributed by atoms with Crippen molar-refractivity contribution in [1.29, 1.82) is 0 Å². The molecule has 1 aliphatic heterocycles. The average Bonchev–Trinajstić information content (AvgIpc) is 3.12. The van der Waals surface area contributed by atoms with Crippen molar-refractivity contribution in [2.24, 2.45) is 4.99 Å². The van der Waals surface area contributed by atoms with Crippen LogP contribution in [-0.2, 0) is 14.8 Å². The van der Waals surface area contributed by atoms with Crippen LogP contribution in [0.25, 0.3) is 0 Å². The number of thioether (sulfide) groups is 2. The van der Waals surface area contributed by atoms with Gasteiger partial charge in [0.25, 0.3) is 0 Å². The van der Waals surface area contributed by atoms with Crippen LogP contribution < -0.4 is 5.32 Å². The third kappa shape index (κ3) is 6.02. The number of hydrogen-bond donors (Lipinski definition) is 1. The van der Waals surface area contributed by atoms with E-state index in [2.05, 4.69) is 10.3 Å². The van der Waals surface area contributed by atoms with E-state index in [4.69, 9.17) is 0 Å². The molecule has 1 amide bonds. The van der Waals surface area contributed by atoms with Crippen molar-refractivity contribution in [3.05, 3.63) is 24.3 Å². The highest BCUT2D eigenvalue weighted by atomic mass is 32.2. The van der Waals surface area contributed by atoms with E-state index < -0.39 is 10.0 Å². The first kappa shape index (κ1) is 20.3. The van der Waals surface area contributed by atoms with Gasteiger partial charge in [0.1, 0.15) is 4.38 Å². The van der Waals surface area contributed by atoms with E-state index >= 15 is 0 Å². The summed E-state index contributed by atoms with van der Waals surface area (Å²) in [7, 11) is -1.89. The summed E-state index contributed by atoms with van der Waals surface area (Å²) >= 11 is 3.09. The van der Waals surface area contributed by atoms with Gasteiger partial charge in [-0.25, -0.2) is 12.7 Å². The number of anilines is 1. The molecule has 0 aliphatic carbocycles. The number of nitrogens with one attached hydrogen (secondary N) is 1. The summed E-state index contributed by atoms with van der Waals surface area (Å²) in [6, 6.07) is 6.28. The first-order valence-electron chi connectivity index (χ1n) is 8.10. The third-order valence-corrected chi connectivity index (χ3v) is 7.68. The molecular weight excluding hydrogens is 378 g/mol. The second kappa shape index (κ2) is 9.61. The lowest BCUT2D eigenvalue weighted by Crippen LogP contribution is -2.27. The molecule has 0 radical (unpaired) electrons. The molecule has 0 aromatic heterocycles. The highest BCUT2D eigenvalue weighted by Gasteiger charge is 2.20. The molecule has 2 rings (SSSR count). The summed E-state index contributed by atoms with van der Waals surface area (Å²) in [6.45, 7) is 3.34. The van der Waals surface area contributed by atoms with Gasteiger partial charge in [0, 0.05) is 25.0 Å². The summed E-state index contributed by atoms with van der Waals surface area (Å²) < 4.78 is 27.2. The monoisotopic (exact) mass is 401 g/mol. The lowest BCUT2D eigenvalue weighted by molar-refractivity contribution is -0.113. The Bertz CT molecular complexity index is 718. The number of carbonyl (C=O) groups is 1. The summed E-state index contributed by atoms with van der Waals surface area (Å²) in [4.78, 5) is 16.5. The molecule has 1 aromatic rings. The first-order valence-corrected chi connectivity index (χ1v) is 11.5. The van der Waals surface area contributed by atoms with Crippen LogP contribution in [-0.4, -0.2) is 54.6 Å². The maximum Gasteiger partial charge on any atom is 0.242 e. The molecule has 9 heteroatoms. The topological polar surface area (TPSA) is 78.8 Å². The van der Waals surface area contributed by atoms with E-state index in [9.17, 15) is 13.2 Å². The van der Waals surface area contributed by atoms with E-state index in [0.717, 1.165) is 29.5 Å². The zero-order valence-electron chi connectivity index (χ0n) is 14.4. The van der Waals surface area contributed by atoms with Crippen LogP contribution in [0.2, 0.25) is 0 Å². The lowest BCUT2D eigenvalue weighted by Gasteiger charge is -2.17. The quantitative estimate of drug-likeness (QED) is 0.725.